The number of pyridine rings is 1. The summed E-state index contributed by atoms with van der Waals surface area (Å²) in [5.74, 6) is -7.57. The molecule has 12 nitrogen and oxygen atoms in total. The molecule has 2 unspecified atom stereocenters. The molecule has 0 bridgehead atoms. The van der Waals surface area contributed by atoms with Gasteiger partial charge in [-0.2, -0.15) is 44.6 Å². The zero-order chi connectivity index (χ0) is 35.3. The van der Waals surface area contributed by atoms with Crippen molar-refractivity contribution in [2.75, 3.05) is 26.3 Å². The van der Waals surface area contributed by atoms with E-state index in [9.17, 15) is 39.5 Å². The van der Waals surface area contributed by atoms with Crippen LogP contribution in [-0.4, -0.2) is 104 Å². The number of carbonyl (C=O) groups is 3. The van der Waals surface area contributed by atoms with Crippen molar-refractivity contribution in [3.8, 4) is 5.88 Å². The summed E-state index contributed by atoms with van der Waals surface area (Å²) in [4.78, 5) is 33.5. The fourth-order valence-electron chi connectivity index (χ4n) is 4.19. The van der Waals surface area contributed by atoms with Gasteiger partial charge in [-0.3, -0.25) is 9.58 Å². The fraction of sp³-hybridized carbons (Fsp3) is 0.560. The molecule has 4 heterocycles. The lowest BCUT2D eigenvalue weighted by atomic mass is 9.73. The molecule has 0 saturated carbocycles. The molecule has 0 amide bonds. The van der Waals surface area contributed by atoms with Crippen LogP contribution in [0.4, 0.5) is 39.5 Å². The van der Waals surface area contributed by atoms with E-state index in [2.05, 4.69) is 21.2 Å². The van der Waals surface area contributed by atoms with Gasteiger partial charge in [-0.25, -0.2) is 19.4 Å². The number of aryl methyl sites for hydroxylation is 1. The quantitative estimate of drug-likeness (QED) is 0.388. The summed E-state index contributed by atoms with van der Waals surface area (Å²) in [6.45, 7) is 4.53. The van der Waals surface area contributed by atoms with Crippen molar-refractivity contribution in [3.63, 3.8) is 0 Å². The summed E-state index contributed by atoms with van der Waals surface area (Å²) >= 11 is 0. The summed E-state index contributed by atoms with van der Waals surface area (Å²) in [6, 6.07) is 5.80. The standard InChI is InChI=1S/C19H26N4O2.3C2HF3O2/c1-22-12-16(11-21-22)13-23-9-6-17-19(14-23,7-4-10-24-17)15-25-18-5-2-3-8-20-18;3*3-2(4,5)1(6)7/h2-3,5,8,11-12,17H,4,6-7,9-10,13-15H2,1H3;3*(H,6,7). The highest BCUT2D eigenvalue weighted by Gasteiger charge is 2.47. The fourth-order valence-corrected chi connectivity index (χ4v) is 4.19. The Morgan fingerprint density at radius 1 is 0.978 bits per heavy atom. The first-order chi connectivity index (χ1) is 21.1. The minimum Gasteiger partial charge on any atom is -0.477 e. The van der Waals surface area contributed by atoms with Gasteiger partial charge in [0.2, 0.25) is 5.88 Å². The number of fused-ring (bicyclic) bond motifs is 1. The number of hydrogen-bond donors (Lipinski definition) is 3. The molecule has 2 atom stereocenters. The summed E-state index contributed by atoms with van der Waals surface area (Å²) in [5, 5.41) is 25.7. The second kappa shape index (κ2) is 17.0. The first kappa shape index (κ1) is 39.9. The lowest BCUT2D eigenvalue weighted by Crippen LogP contribution is -2.57. The third-order valence-electron chi connectivity index (χ3n) is 6.10. The van der Waals surface area contributed by atoms with Crippen LogP contribution in [0.5, 0.6) is 5.88 Å². The van der Waals surface area contributed by atoms with Gasteiger partial charge >= 0.3 is 36.4 Å². The SMILES string of the molecule is Cn1cc(CN2CCC3OCCCC3(COc3ccccn3)C2)cn1.O=C(O)C(F)(F)F.O=C(O)C(F)(F)F.O=C(O)C(F)(F)F. The van der Waals surface area contributed by atoms with Gasteiger partial charge in [0.25, 0.3) is 0 Å². The molecule has 0 aliphatic carbocycles. The van der Waals surface area contributed by atoms with Crippen LogP contribution in [0, 0.1) is 5.41 Å². The topological polar surface area (TPSA) is 164 Å². The number of piperidine rings is 1. The Labute approximate surface area is 254 Å². The number of alkyl halides is 9. The van der Waals surface area contributed by atoms with Crippen LogP contribution in [0.2, 0.25) is 0 Å². The molecule has 0 aromatic carbocycles. The van der Waals surface area contributed by atoms with Crippen molar-refractivity contribution in [1.82, 2.24) is 19.7 Å². The van der Waals surface area contributed by atoms with E-state index in [4.69, 9.17) is 39.2 Å². The summed E-state index contributed by atoms with van der Waals surface area (Å²) < 4.78 is 109. The van der Waals surface area contributed by atoms with E-state index >= 15 is 0 Å². The van der Waals surface area contributed by atoms with Gasteiger partial charge in [-0.1, -0.05) is 6.07 Å². The van der Waals surface area contributed by atoms with Crippen molar-refractivity contribution in [3.05, 3.63) is 42.4 Å². The Morgan fingerprint density at radius 3 is 1.96 bits per heavy atom. The van der Waals surface area contributed by atoms with Gasteiger partial charge < -0.3 is 24.8 Å². The number of aromatic nitrogens is 3. The molecule has 0 radical (unpaired) electrons. The molecule has 2 aliphatic heterocycles. The lowest BCUT2D eigenvalue weighted by molar-refractivity contribution is -0.193. The molecule has 4 rings (SSSR count). The number of halogens is 9. The van der Waals surface area contributed by atoms with Crippen LogP contribution >= 0.6 is 0 Å². The van der Waals surface area contributed by atoms with E-state index in [-0.39, 0.29) is 11.5 Å². The second-order valence-electron chi connectivity index (χ2n) is 9.71. The van der Waals surface area contributed by atoms with Crippen LogP contribution in [0.1, 0.15) is 24.8 Å². The van der Waals surface area contributed by atoms with Crippen molar-refractivity contribution < 1.29 is 78.7 Å². The average molecular weight is 685 g/mol. The van der Waals surface area contributed by atoms with Gasteiger partial charge in [0.15, 0.2) is 0 Å². The smallest absolute Gasteiger partial charge is 0.477 e. The van der Waals surface area contributed by atoms with E-state index in [1.807, 2.05) is 36.1 Å². The van der Waals surface area contributed by atoms with Crippen LogP contribution in [-0.2, 0) is 32.7 Å². The summed E-state index contributed by atoms with van der Waals surface area (Å²) in [5.41, 5.74) is 1.31. The summed E-state index contributed by atoms with van der Waals surface area (Å²) in [7, 11) is 1.97. The molecule has 2 aromatic rings. The number of carboxylic acid groups (broad SMARTS) is 3. The lowest BCUT2D eigenvalue weighted by Gasteiger charge is -2.50. The molecule has 21 heteroatoms. The zero-order valence-electron chi connectivity index (χ0n) is 23.8. The Kier molecular flexibility index (Phi) is 14.7. The Morgan fingerprint density at radius 2 is 1.52 bits per heavy atom. The number of carboxylic acids is 3. The normalized spacial score (nSPS) is 19.8. The maximum absolute atomic E-state index is 10.6. The van der Waals surface area contributed by atoms with Gasteiger partial charge in [-0.15, -0.1) is 0 Å². The molecule has 2 aliphatic rings. The minimum absolute atomic E-state index is 0.0518. The molecular weight excluding hydrogens is 655 g/mol. The molecule has 2 fully saturated rings. The number of aliphatic carboxylic acids is 3. The average Bonchev–Trinajstić information content (AvgIpc) is 3.36. The van der Waals surface area contributed by atoms with E-state index in [1.54, 1.807) is 6.20 Å². The van der Waals surface area contributed by atoms with Gasteiger partial charge in [0, 0.05) is 62.7 Å². The maximum Gasteiger partial charge on any atom is 0.490 e. The molecular formula is C25H29F9N4O8. The van der Waals surface area contributed by atoms with Crippen molar-refractivity contribution in [1.29, 1.82) is 0 Å². The van der Waals surface area contributed by atoms with Crippen molar-refractivity contribution >= 4 is 17.9 Å². The highest BCUT2D eigenvalue weighted by molar-refractivity contribution is 5.73. The first-order valence-electron chi connectivity index (χ1n) is 12.8. The highest BCUT2D eigenvalue weighted by Crippen LogP contribution is 2.41. The molecule has 2 aromatic heterocycles. The van der Waals surface area contributed by atoms with Crippen LogP contribution < -0.4 is 4.74 Å². The maximum atomic E-state index is 10.6. The molecule has 3 N–H and O–H groups in total. The zero-order valence-corrected chi connectivity index (χ0v) is 23.8. The number of likely N-dealkylation sites (tertiary alicyclic amines) is 1. The number of ether oxygens (including phenoxy) is 2. The van der Waals surface area contributed by atoms with Crippen LogP contribution in [0.3, 0.4) is 0 Å². The third kappa shape index (κ3) is 14.3. The van der Waals surface area contributed by atoms with Gasteiger partial charge in [0.1, 0.15) is 0 Å². The van der Waals surface area contributed by atoms with Crippen LogP contribution in [0.15, 0.2) is 36.8 Å². The predicted octanol–water partition coefficient (Wildman–Crippen LogP) is 4.17. The molecule has 0 spiro atoms. The Balaban J connectivity index is 0.000000413. The Bertz CT molecular complexity index is 1200. The van der Waals surface area contributed by atoms with E-state index in [0.717, 1.165) is 45.5 Å². The highest BCUT2D eigenvalue weighted by atomic mass is 19.4. The first-order valence-corrected chi connectivity index (χ1v) is 12.8. The van der Waals surface area contributed by atoms with Crippen molar-refractivity contribution in [2.45, 2.75) is 50.4 Å². The van der Waals surface area contributed by atoms with Crippen LogP contribution in [0.25, 0.3) is 0 Å². The third-order valence-corrected chi connectivity index (χ3v) is 6.10. The van der Waals surface area contributed by atoms with Crippen molar-refractivity contribution in [2.24, 2.45) is 12.5 Å². The van der Waals surface area contributed by atoms with E-state index in [1.165, 1.54) is 5.56 Å². The number of rotatable bonds is 5. The Hall–Kier alpha value is -4.14. The number of nitrogens with zero attached hydrogens (tertiary/aromatic N) is 4. The number of hydrogen-bond acceptors (Lipinski definition) is 8. The van der Waals surface area contributed by atoms with E-state index < -0.39 is 36.4 Å². The molecule has 46 heavy (non-hydrogen) atoms. The molecule has 260 valence electrons. The monoisotopic (exact) mass is 684 g/mol. The van der Waals surface area contributed by atoms with E-state index in [0.29, 0.717) is 12.5 Å². The molecule has 2 saturated heterocycles. The largest absolute Gasteiger partial charge is 0.490 e. The van der Waals surface area contributed by atoms with Gasteiger partial charge in [-0.05, 0) is 25.3 Å². The minimum atomic E-state index is -5.08. The second-order valence-corrected chi connectivity index (χ2v) is 9.71. The predicted molar refractivity (Wildman–Crippen MR) is 135 cm³/mol. The summed E-state index contributed by atoms with van der Waals surface area (Å²) in [6.07, 6.45) is -5.82. The van der Waals surface area contributed by atoms with Gasteiger partial charge in [0.05, 0.1) is 18.9 Å².